The van der Waals surface area contributed by atoms with Gasteiger partial charge in [0, 0.05) is 6.20 Å². The molecule has 0 amide bonds. The Labute approximate surface area is 109 Å². The third kappa shape index (κ3) is 3.43. The van der Waals surface area contributed by atoms with E-state index in [2.05, 4.69) is 10.3 Å². The minimum absolute atomic E-state index is 0.298. The van der Waals surface area contributed by atoms with Crippen molar-refractivity contribution in [2.45, 2.75) is 44.6 Å². The Balaban J connectivity index is 2.03. The maximum atomic E-state index is 6.21. The van der Waals surface area contributed by atoms with Crippen molar-refractivity contribution in [2.24, 2.45) is 5.92 Å². The van der Waals surface area contributed by atoms with Crippen LogP contribution in [0.4, 0.5) is 0 Å². The van der Waals surface area contributed by atoms with Crippen LogP contribution >= 0.6 is 11.6 Å². The molecular formula is C14H21ClN2. The van der Waals surface area contributed by atoms with Gasteiger partial charge in [-0.1, -0.05) is 43.7 Å². The predicted octanol–water partition coefficient (Wildman–Crippen LogP) is 3.97. The largest absolute Gasteiger partial charge is 0.312 e. The molecule has 94 valence electrons. The average molecular weight is 253 g/mol. The molecule has 1 fully saturated rings. The predicted molar refractivity (Wildman–Crippen MR) is 72.2 cm³/mol. The van der Waals surface area contributed by atoms with E-state index in [1.54, 1.807) is 0 Å². The molecule has 1 aromatic rings. The van der Waals surface area contributed by atoms with Gasteiger partial charge in [-0.2, -0.15) is 0 Å². The van der Waals surface area contributed by atoms with Crippen LogP contribution in [0.15, 0.2) is 18.3 Å². The molecule has 1 aliphatic rings. The number of rotatable bonds is 4. The first-order valence-electron chi connectivity index (χ1n) is 6.59. The fraction of sp³-hybridized carbons (Fsp3) is 0.643. The minimum atomic E-state index is 0.298. The van der Waals surface area contributed by atoms with Crippen molar-refractivity contribution in [3.8, 4) is 0 Å². The van der Waals surface area contributed by atoms with Crippen molar-refractivity contribution < 1.29 is 0 Å². The molecule has 1 unspecified atom stereocenters. The maximum Gasteiger partial charge on any atom is 0.0758 e. The van der Waals surface area contributed by atoms with Gasteiger partial charge in [0.2, 0.25) is 0 Å². The topological polar surface area (TPSA) is 24.9 Å². The molecule has 0 aliphatic heterocycles. The summed E-state index contributed by atoms with van der Waals surface area (Å²) in [6.07, 6.45) is 9.89. The van der Waals surface area contributed by atoms with E-state index in [-0.39, 0.29) is 0 Å². The normalized spacial score (nSPS) is 19.2. The van der Waals surface area contributed by atoms with Crippen LogP contribution in [0.1, 0.15) is 50.3 Å². The van der Waals surface area contributed by atoms with E-state index >= 15 is 0 Å². The molecule has 0 bridgehead atoms. The molecule has 17 heavy (non-hydrogen) atoms. The molecule has 0 saturated heterocycles. The summed E-state index contributed by atoms with van der Waals surface area (Å²) >= 11 is 6.21. The second kappa shape index (κ2) is 6.36. The Morgan fingerprint density at radius 3 is 2.82 bits per heavy atom. The van der Waals surface area contributed by atoms with Crippen LogP contribution in [-0.4, -0.2) is 12.0 Å². The lowest BCUT2D eigenvalue weighted by Gasteiger charge is -2.26. The lowest BCUT2D eigenvalue weighted by atomic mass is 9.84. The van der Waals surface area contributed by atoms with Crippen LogP contribution < -0.4 is 5.32 Å². The second-order valence-corrected chi connectivity index (χ2v) is 5.36. The summed E-state index contributed by atoms with van der Waals surface area (Å²) in [4.78, 5) is 4.42. The quantitative estimate of drug-likeness (QED) is 0.877. The molecule has 0 spiro atoms. The van der Waals surface area contributed by atoms with Crippen LogP contribution in [0.5, 0.6) is 0 Å². The first-order chi connectivity index (χ1) is 8.31. The Hall–Kier alpha value is -0.600. The summed E-state index contributed by atoms with van der Waals surface area (Å²) < 4.78 is 0. The molecule has 1 heterocycles. The van der Waals surface area contributed by atoms with Crippen molar-refractivity contribution >= 4 is 11.6 Å². The first kappa shape index (κ1) is 12.8. The molecule has 2 rings (SSSR count). The van der Waals surface area contributed by atoms with Crippen molar-refractivity contribution in [3.63, 3.8) is 0 Å². The number of halogens is 1. The second-order valence-electron chi connectivity index (χ2n) is 4.95. The summed E-state index contributed by atoms with van der Waals surface area (Å²) in [7, 11) is 2.00. The molecule has 1 saturated carbocycles. The maximum absolute atomic E-state index is 6.21. The zero-order valence-electron chi connectivity index (χ0n) is 10.5. The fourth-order valence-corrected chi connectivity index (χ4v) is 3.03. The van der Waals surface area contributed by atoms with Gasteiger partial charge in [0.25, 0.3) is 0 Å². The number of hydrogen-bond donors (Lipinski definition) is 1. The van der Waals surface area contributed by atoms with Crippen molar-refractivity contribution in [2.75, 3.05) is 7.05 Å². The highest BCUT2D eigenvalue weighted by molar-refractivity contribution is 6.31. The monoisotopic (exact) mass is 252 g/mol. The van der Waals surface area contributed by atoms with Gasteiger partial charge in [0.1, 0.15) is 0 Å². The average Bonchev–Trinajstić information content (AvgIpc) is 2.38. The SMILES string of the molecule is CNC(CC1CCCCC1)c1ncccc1Cl. The Kier molecular flexibility index (Phi) is 4.81. The molecule has 1 N–H and O–H groups in total. The highest BCUT2D eigenvalue weighted by Crippen LogP contribution is 2.32. The smallest absolute Gasteiger partial charge is 0.0758 e. The van der Waals surface area contributed by atoms with Crippen LogP contribution in [0, 0.1) is 5.92 Å². The van der Waals surface area contributed by atoms with Crippen LogP contribution in [0.25, 0.3) is 0 Å². The van der Waals surface area contributed by atoms with Gasteiger partial charge in [-0.25, -0.2) is 0 Å². The molecule has 3 heteroatoms. The zero-order valence-corrected chi connectivity index (χ0v) is 11.2. The molecule has 1 aromatic heterocycles. The number of nitrogens with zero attached hydrogens (tertiary/aromatic N) is 1. The number of aromatic nitrogens is 1. The zero-order chi connectivity index (χ0) is 12.1. The number of hydrogen-bond acceptors (Lipinski definition) is 2. The van der Waals surface area contributed by atoms with Gasteiger partial charge < -0.3 is 5.32 Å². The van der Waals surface area contributed by atoms with Crippen LogP contribution in [0.2, 0.25) is 5.02 Å². The van der Waals surface area contributed by atoms with E-state index in [9.17, 15) is 0 Å². The highest BCUT2D eigenvalue weighted by atomic mass is 35.5. The fourth-order valence-electron chi connectivity index (χ4n) is 2.78. The van der Waals surface area contributed by atoms with Gasteiger partial charge in [0.05, 0.1) is 16.8 Å². The highest BCUT2D eigenvalue weighted by Gasteiger charge is 2.21. The van der Waals surface area contributed by atoms with Gasteiger partial charge in [0.15, 0.2) is 0 Å². The molecule has 1 aliphatic carbocycles. The van der Waals surface area contributed by atoms with Gasteiger partial charge in [-0.05, 0) is 31.5 Å². The summed E-state index contributed by atoms with van der Waals surface area (Å²) in [5, 5.41) is 4.14. The molecular weight excluding hydrogens is 232 g/mol. The van der Waals surface area contributed by atoms with Crippen molar-refractivity contribution in [3.05, 3.63) is 29.0 Å². The van der Waals surface area contributed by atoms with E-state index in [1.807, 2.05) is 25.4 Å². The Bertz CT molecular complexity index is 348. The van der Waals surface area contributed by atoms with Crippen molar-refractivity contribution in [1.29, 1.82) is 0 Å². The standard InChI is InChI=1S/C14H21ClN2/c1-16-13(10-11-6-3-2-4-7-11)14-12(15)8-5-9-17-14/h5,8-9,11,13,16H,2-4,6-7,10H2,1H3. The van der Waals surface area contributed by atoms with E-state index < -0.39 is 0 Å². The Morgan fingerprint density at radius 1 is 1.41 bits per heavy atom. The number of pyridine rings is 1. The Morgan fingerprint density at radius 2 is 2.18 bits per heavy atom. The van der Waals surface area contributed by atoms with Crippen LogP contribution in [-0.2, 0) is 0 Å². The third-order valence-electron chi connectivity index (χ3n) is 3.76. The summed E-state index contributed by atoms with van der Waals surface area (Å²) in [6.45, 7) is 0. The van der Waals surface area contributed by atoms with Gasteiger partial charge in [-0.3, -0.25) is 4.98 Å². The summed E-state index contributed by atoms with van der Waals surface area (Å²) in [6, 6.07) is 4.11. The lowest BCUT2D eigenvalue weighted by Crippen LogP contribution is -2.22. The summed E-state index contributed by atoms with van der Waals surface area (Å²) in [5.41, 5.74) is 1.00. The third-order valence-corrected chi connectivity index (χ3v) is 4.08. The molecule has 1 atom stereocenters. The van der Waals surface area contributed by atoms with Crippen molar-refractivity contribution in [1.82, 2.24) is 10.3 Å². The van der Waals surface area contributed by atoms with Gasteiger partial charge in [-0.15, -0.1) is 0 Å². The molecule has 0 radical (unpaired) electrons. The minimum Gasteiger partial charge on any atom is -0.312 e. The van der Waals surface area contributed by atoms with E-state index in [0.717, 1.165) is 23.1 Å². The van der Waals surface area contributed by atoms with E-state index in [0.29, 0.717) is 6.04 Å². The summed E-state index contributed by atoms with van der Waals surface area (Å²) in [5.74, 6) is 0.833. The van der Waals surface area contributed by atoms with E-state index in [1.165, 1.54) is 32.1 Å². The van der Waals surface area contributed by atoms with E-state index in [4.69, 9.17) is 11.6 Å². The molecule has 2 nitrogen and oxygen atoms in total. The van der Waals surface area contributed by atoms with Gasteiger partial charge >= 0.3 is 0 Å². The lowest BCUT2D eigenvalue weighted by molar-refractivity contribution is 0.303. The molecule has 0 aromatic carbocycles. The first-order valence-corrected chi connectivity index (χ1v) is 6.96. The number of nitrogens with one attached hydrogen (secondary N) is 1. The van der Waals surface area contributed by atoms with Crippen LogP contribution in [0.3, 0.4) is 0 Å².